The Morgan fingerprint density at radius 3 is 2.80 bits per heavy atom. The van der Waals surface area contributed by atoms with Crippen molar-refractivity contribution in [3.05, 3.63) is 62.3 Å². The molecule has 0 aliphatic heterocycles. The van der Waals surface area contributed by atoms with Gasteiger partial charge in [0, 0.05) is 27.5 Å². The third-order valence-electron chi connectivity index (χ3n) is 2.30. The van der Waals surface area contributed by atoms with E-state index in [0.29, 0.717) is 21.2 Å². The highest BCUT2D eigenvalue weighted by atomic mass is 79.9. The molecule has 2 aromatic rings. The standard InChI is InChI=1S/C13H8BrCl2N3O/c14-10-3-9(5-17-7-10)13(20)19-18-6-8-1-2-11(15)4-12(8)16/h1-7H,(H,19,20)/b18-6+. The monoisotopic (exact) mass is 371 g/mol. The zero-order valence-corrected chi connectivity index (χ0v) is 13.1. The molecular formula is C13H8BrCl2N3O. The van der Waals surface area contributed by atoms with Crippen LogP contribution in [0.25, 0.3) is 0 Å². The van der Waals surface area contributed by atoms with Crippen molar-refractivity contribution in [1.82, 2.24) is 10.4 Å². The van der Waals surface area contributed by atoms with Crippen molar-refractivity contribution < 1.29 is 4.79 Å². The van der Waals surface area contributed by atoms with Crippen molar-refractivity contribution in [2.75, 3.05) is 0 Å². The molecule has 0 radical (unpaired) electrons. The lowest BCUT2D eigenvalue weighted by Gasteiger charge is -2.01. The minimum atomic E-state index is -0.361. The second-order valence-electron chi connectivity index (χ2n) is 3.76. The topological polar surface area (TPSA) is 54.4 Å². The molecule has 102 valence electrons. The van der Waals surface area contributed by atoms with Crippen LogP contribution in [0, 0.1) is 0 Å². The number of hydrogen-bond acceptors (Lipinski definition) is 3. The predicted octanol–water partition coefficient (Wildman–Crippen LogP) is 3.91. The van der Waals surface area contributed by atoms with Crippen molar-refractivity contribution in [2.24, 2.45) is 5.10 Å². The summed E-state index contributed by atoms with van der Waals surface area (Å²) in [6.07, 6.45) is 4.49. The molecule has 0 spiro atoms. The summed E-state index contributed by atoms with van der Waals surface area (Å²) in [6.45, 7) is 0. The van der Waals surface area contributed by atoms with Crippen molar-refractivity contribution in [1.29, 1.82) is 0 Å². The van der Waals surface area contributed by atoms with Gasteiger partial charge in [0.2, 0.25) is 0 Å². The van der Waals surface area contributed by atoms with Crippen LogP contribution < -0.4 is 5.43 Å². The first-order valence-corrected chi connectivity index (χ1v) is 7.00. The van der Waals surface area contributed by atoms with E-state index in [1.807, 2.05) is 0 Å². The third kappa shape index (κ3) is 4.03. The molecule has 1 aromatic carbocycles. The molecule has 0 unspecified atom stereocenters. The van der Waals surface area contributed by atoms with Gasteiger partial charge in [-0.15, -0.1) is 0 Å². The maximum absolute atomic E-state index is 11.8. The zero-order valence-electron chi connectivity index (χ0n) is 9.98. The van der Waals surface area contributed by atoms with Crippen molar-refractivity contribution in [3.8, 4) is 0 Å². The second-order valence-corrected chi connectivity index (χ2v) is 5.52. The minimum absolute atomic E-state index is 0.361. The van der Waals surface area contributed by atoms with Crippen molar-refractivity contribution in [2.45, 2.75) is 0 Å². The van der Waals surface area contributed by atoms with Gasteiger partial charge in [0.25, 0.3) is 5.91 Å². The maximum atomic E-state index is 11.8. The van der Waals surface area contributed by atoms with Gasteiger partial charge in [-0.25, -0.2) is 5.43 Å². The highest BCUT2D eigenvalue weighted by Crippen LogP contribution is 2.19. The van der Waals surface area contributed by atoms with Crippen LogP contribution in [0.2, 0.25) is 10.0 Å². The number of amides is 1. The molecule has 0 saturated carbocycles. The first kappa shape index (κ1) is 15.0. The second kappa shape index (κ2) is 6.83. The van der Waals surface area contributed by atoms with Gasteiger partial charge in [0.15, 0.2) is 0 Å². The fourth-order valence-electron chi connectivity index (χ4n) is 1.37. The molecule has 20 heavy (non-hydrogen) atoms. The number of aromatic nitrogens is 1. The van der Waals surface area contributed by atoms with Crippen LogP contribution in [0.4, 0.5) is 0 Å². The van der Waals surface area contributed by atoms with Crippen LogP contribution in [-0.2, 0) is 0 Å². The number of hydrogen-bond donors (Lipinski definition) is 1. The number of rotatable bonds is 3. The molecule has 1 amide bonds. The Morgan fingerprint density at radius 1 is 1.30 bits per heavy atom. The number of carbonyl (C=O) groups is 1. The number of benzene rings is 1. The molecule has 1 heterocycles. The smallest absolute Gasteiger partial charge is 0.267 e. The molecular weight excluding hydrogens is 365 g/mol. The average Bonchev–Trinajstić information content (AvgIpc) is 2.41. The molecule has 0 fully saturated rings. The summed E-state index contributed by atoms with van der Waals surface area (Å²) >= 11 is 15.0. The van der Waals surface area contributed by atoms with Gasteiger partial charge >= 0.3 is 0 Å². The lowest BCUT2D eigenvalue weighted by molar-refractivity contribution is 0.0954. The largest absolute Gasteiger partial charge is 0.272 e. The van der Waals surface area contributed by atoms with E-state index in [2.05, 4.69) is 31.4 Å². The summed E-state index contributed by atoms with van der Waals surface area (Å²) in [6, 6.07) is 6.65. The van der Waals surface area contributed by atoms with Crippen molar-refractivity contribution in [3.63, 3.8) is 0 Å². The Bertz CT molecular complexity index is 676. The van der Waals surface area contributed by atoms with Gasteiger partial charge < -0.3 is 0 Å². The summed E-state index contributed by atoms with van der Waals surface area (Å²) in [5.74, 6) is -0.361. The first-order valence-electron chi connectivity index (χ1n) is 5.45. The zero-order chi connectivity index (χ0) is 14.5. The molecule has 0 atom stereocenters. The molecule has 1 aromatic heterocycles. The Morgan fingerprint density at radius 2 is 2.10 bits per heavy atom. The number of nitrogens with zero attached hydrogens (tertiary/aromatic N) is 2. The van der Waals surface area contributed by atoms with E-state index in [4.69, 9.17) is 23.2 Å². The molecule has 0 aliphatic carbocycles. The molecule has 2 rings (SSSR count). The fraction of sp³-hybridized carbons (Fsp3) is 0. The predicted molar refractivity (Wildman–Crippen MR) is 83.5 cm³/mol. The number of halogens is 3. The van der Waals surface area contributed by atoms with Crippen LogP contribution in [0.5, 0.6) is 0 Å². The van der Waals surface area contributed by atoms with Gasteiger partial charge in [0.1, 0.15) is 0 Å². The summed E-state index contributed by atoms with van der Waals surface area (Å²) in [5.41, 5.74) is 3.45. The Kier molecular flexibility index (Phi) is 5.11. The minimum Gasteiger partial charge on any atom is -0.267 e. The third-order valence-corrected chi connectivity index (χ3v) is 3.30. The number of pyridine rings is 1. The highest BCUT2D eigenvalue weighted by Gasteiger charge is 2.05. The normalized spacial score (nSPS) is 10.8. The molecule has 0 bridgehead atoms. The summed E-state index contributed by atoms with van der Waals surface area (Å²) in [7, 11) is 0. The van der Waals surface area contributed by atoms with E-state index >= 15 is 0 Å². The molecule has 7 heteroatoms. The van der Waals surface area contributed by atoms with E-state index in [1.54, 1.807) is 30.5 Å². The number of carbonyl (C=O) groups excluding carboxylic acids is 1. The lowest BCUT2D eigenvalue weighted by atomic mass is 10.2. The number of nitrogens with one attached hydrogen (secondary N) is 1. The van der Waals surface area contributed by atoms with Gasteiger partial charge in [-0.1, -0.05) is 29.3 Å². The van der Waals surface area contributed by atoms with E-state index in [9.17, 15) is 4.79 Å². The van der Waals surface area contributed by atoms with Gasteiger partial charge in [-0.2, -0.15) is 5.10 Å². The fourth-order valence-corrected chi connectivity index (χ4v) is 2.19. The van der Waals surface area contributed by atoms with Crippen LogP contribution in [0.15, 0.2) is 46.2 Å². The van der Waals surface area contributed by atoms with Crippen LogP contribution in [-0.4, -0.2) is 17.1 Å². The quantitative estimate of drug-likeness (QED) is 0.655. The van der Waals surface area contributed by atoms with E-state index in [0.717, 1.165) is 4.47 Å². The molecule has 4 nitrogen and oxygen atoms in total. The van der Waals surface area contributed by atoms with Gasteiger partial charge in [0.05, 0.1) is 16.8 Å². The number of hydrazone groups is 1. The SMILES string of the molecule is O=C(N/N=C/c1ccc(Cl)cc1Cl)c1cncc(Br)c1. The van der Waals surface area contributed by atoms with Gasteiger partial charge in [-0.3, -0.25) is 9.78 Å². The Hall–Kier alpha value is -1.43. The maximum Gasteiger partial charge on any atom is 0.272 e. The van der Waals surface area contributed by atoms with Crippen molar-refractivity contribution >= 4 is 51.3 Å². The average molecular weight is 373 g/mol. The van der Waals surface area contributed by atoms with E-state index in [-0.39, 0.29) is 5.91 Å². The Labute approximate surface area is 133 Å². The Balaban J connectivity index is 2.04. The highest BCUT2D eigenvalue weighted by molar-refractivity contribution is 9.10. The lowest BCUT2D eigenvalue weighted by Crippen LogP contribution is -2.17. The van der Waals surface area contributed by atoms with E-state index < -0.39 is 0 Å². The first-order chi connectivity index (χ1) is 9.56. The van der Waals surface area contributed by atoms with E-state index in [1.165, 1.54) is 12.4 Å². The van der Waals surface area contributed by atoms with Crippen LogP contribution >= 0.6 is 39.1 Å². The summed E-state index contributed by atoms with van der Waals surface area (Å²) in [5, 5.41) is 4.84. The molecule has 1 N–H and O–H groups in total. The molecule has 0 saturated heterocycles. The van der Waals surface area contributed by atoms with Gasteiger partial charge in [-0.05, 0) is 34.1 Å². The summed E-state index contributed by atoms with van der Waals surface area (Å²) < 4.78 is 0.717. The summed E-state index contributed by atoms with van der Waals surface area (Å²) in [4.78, 5) is 15.7. The van der Waals surface area contributed by atoms with Crippen LogP contribution in [0.3, 0.4) is 0 Å². The van der Waals surface area contributed by atoms with Crippen LogP contribution in [0.1, 0.15) is 15.9 Å². The molecule has 0 aliphatic rings.